The third-order valence-corrected chi connectivity index (χ3v) is 3.71. The van der Waals surface area contributed by atoms with Gasteiger partial charge in [-0.15, -0.1) is 0 Å². The molecule has 3 aromatic rings. The first-order chi connectivity index (χ1) is 13.1. The molecule has 3 N–H and O–H groups in total. The van der Waals surface area contributed by atoms with Crippen molar-refractivity contribution in [1.82, 2.24) is 24.8 Å². The zero-order valence-corrected chi connectivity index (χ0v) is 14.4. The molecule has 0 aliphatic carbocycles. The predicted molar refractivity (Wildman–Crippen MR) is 97.3 cm³/mol. The number of hydrogen-bond acceptors (Lipinski definition) is 6. The Kier molecular flexibility index (Phi) is 5.73. The number of phenolic OH excluding ortho intramolecular Hbond substituents is 1. The van der Waals surface area contributed by atoms with Gasteiger partial charge in [-0.2, -0.15) is 0 Å². The number of imidazole rings is 1. The molecule has 2 amide bonds. The molecule has 138 valence electrons. The summed E-state index contributed by atoms with van der Waals surface area (Å²) in [6.45, 7) is 1.17. The second kappa shape index (κ2) is 8.56. The first-order valence-corrected chi connectivity index (χ1v) is 8.29. The normalized spacial score (nSPS) is 10.4. The minimum absolute atomic E-state index is 0.0345. The van der Waals surface area contributed by atoms with Gasteiger partial charge in [0.1, 0.15) is 5.75 Å². The van der Waals surface area contributed by atoms with Crippen molar-refractivity contribution in [1.29, 1.82) is 0 Å². The molecule has 9 heteroatoms. The van der Waals surface area contributed by atoms with Gasteiger partial charge in [0.25, 0.3) is 11.8 Å². The number of aromatic hydroxyl groups is 1. The quantitative estimate of drug-likeness (QED) is 0.544. The van der Waals surface area contributed by atoms with Crippen LogP contribution in [0.5, 0.6) is 5.75 Å². The van der Waals surface area contributed by atoms with Crippen molar-refractivity contribution >= 4 is 17.6 Å². The van der Waals surface area contributed by atoms with Crippen LogP contribution in [0.1, 0.15) is 27.3 Å². The highest BCUT2D eigenvalue weighted by atomic mass is 16.3. The van der Waals surface area contributed by atoms with Crippen molar-refractivity contribution < 1.29 is 14.7 Å². The maximum Gasteiger partial charge on any atom is 0.273 e. The predicted octanol–water partition coefficient (Wildman–Crippen LogP) is 1.45. The summed E-state index contributed by atoms with van der Waals surface area (Å²) < 4.78 is 1.91. The molecule has 0 aliphatic rings. The van der Waals surface area contributed by atoms with Crippen LogP contribution in [0.15, 0.2) is 55.4 Å². The van der Waals surface area contributed by atoms with Crippen molar-refractivity contribution in [3.05, 3.63) is 66.6 Å². The Morgan fingerprint density at radius 1 is 1.04 bits per heavy atom. The highest BCUT2D eigenvalue weighted by Gasteiger charge is 2.16. The average Bonchev–Trinajstić information content (AvgIpc) is 3.19. The lowest BCUT2D eigenvalue weighted by Gasteiger charge is -2.10. The number of aromatic nitrogens is 4. The molecule has 0 bridgehead atoms. The smallest absolute Gasteiger partial charge is 0.273 e. The van der Waals surface area contributed by atoms with E-state index in [1.54, 1.807) is 12.5 Å². The van der Waals surface area contributed by atoms with E-state index in [9.17, 15) is 14.7 Å². The zero-order valence-electron chi connectivity index (χ0n) is 14.4. The minimum Gasteiger partial charge on any atom is -0.508 e. The fourth-order valence-corrected chi connectivity index (χ4v) is 2.35. The fourth-order valence-electron chi connectivity index (χ4n) is 2.35. The van der Waals surface area contributed by atoms with Crippen molar-refractivity contribution in [2.24, 2.45) is 0 Å². The highest BCUT2D eigenvalue weighted by molar-refractivity contribution is 6.07. The summed E-state index contributed by atoms with van der Waals surface area (Å²) in [6, 6.07) is 5.74. The molecule has 27 heavy (non-hydrogen) atoms. The maximum absolute atomic E-state index is 12.4. The molecular formula is C18H18N6O3. The van der Waals surface area contributed by atoms with Gasteiger partial charge in [0.05, 0.1) is 6.33 Å². The Morgan fingerprint density at radius 2 is 1.81 bits per heavy atom. The number of nitrogens with zero attached hydrogens (tertiary/aromatic N) is 4. The first-order valence-electron chi connectivity index (χ1n) is 8.29. The van der Waals surface area contributed by atoms with E-state index >= 15 is 0 Å². The number of amides is 2. The summed E-state index contributed by atoms with van der Waals surface area (Å²) in [5, 5.41) is 14.6. The van der Waals surface area contributed by atoms with Crippen LogP contribution in [0.4, 0.5) is 5.82 Å². The van der Waals surface area contributed by atoms with E-state index in [1.807, 2.05) is 10.8 Å². The Labute approximate surface area is 155 Å². The van der Waals surface area contributed by atoms with Crippen LogP contribution in [0.3, 0.4) is 0 Å². The van der Waals surface area contributed by atoms with Gasteiger partial charge in [-0.05, 0) is 30.7 Å². The number of aryl methyl sites for hydroxylation is 1. The second-order valence-electron chi connectivity index (χ2n) is 5.66. The molecule has 0 radical (unpaired) electrons. The third-order valence-electron chi connectivity index (χ3n) is 3.71. The highest BCUT2D eigenvalue weighted by Crippen LogP contribution is 2.13. The van der Waals surface area contributed by atoms with Crippen molar-refractivity contribution in [2.75, 3.05) is 11.9 Å². The Hall–Kier alpha value is -3.75. The monoisotopic (exact) mass is 366 g/mol. The molecule has 9 nitrogen and oxygen atoms in total. The average molecular weight is 366 g/mol. The van der Waals surface area contributed by atoms with E-state index < -0.39 is 11.8 Å². The van der Waals surface area contributed by atoms with Crippen LogP contribution in [-0.2, 0) is 6.54 Å². The molecule has 0 fully saturated rings. The van der Waals surface area contributed by atoms with Crippen molar-refractivity contribution in [2.45, 2.75) is 13.0 Å². The lowest BCUT2D eigenvalue weighted by atomic mass is 10.2. The second-order valence-corrected chi connectivity index (χ2v) is 5.66. The van der Waals surface area contributed by atoms with Crippen LogP contribution in [0, 0.1) is 0 Å². The first kappa shape index (κ1) is 18.1. The zero-order chi connectivity index (χ0) is 19.1. The molecule has 0 saturated heterocycles. The van der Waals surface area contributed by atoms with Gasteiger partial charge >= 0.3 is 0 Å². The summed E-state index contributed by atoms with van der Waals surface area (Å²) in [4.78, 5) is 36.7. The Bertz CT molecular complexity index is 909. The van der Waals surface area contributed by atoms with E-state index in [2.05, 4.69) is 25.6 Å². The molecule has 2 aromatic heterocycles. The number of phenols is 1. The summed E-state index contributed by atoms with van der Waals surface area (Å²) in [6.07, 6.45) is 8.75. The third kappa shape index (κ3) is 4.88. The van der Waals surface area contributed by atoms with Crippen LogP contribution in [0.25, 0.3) is 0 Å². The number of hydrogen-bond donors (Lipinski definition) is 3. The number of nitrogens with one attached hydrogen (secondary N) is 2. The van der Waals surface area contributed by atoms with Crippen molar-refractivity contribution in [3.63, 3.8) is 0 Å². The topological polar surface area (TPSA) is 122 Å². The minimum atomic E-state index is -0.454. The number of carbonyl (C=O) groups is 2. The van der Waals surface area contributed by atoms with Gasteiger partial charge in [0, 0.05) is 43.4 Å². The Balaban J connectivity index is 1.59. The molecule has 2 heterocycles. The standard InChI is InChI=1S/C18H18N6O3/c25-14-4-2-13(3-5-14)17(26)23-16-15(20-7-8-21-16)18(27)22-6-1-10-24-11-9-19-12-24/h2-5,7-9,11-12,25H,1,6,10H2,(H,22,27)(H,21,23,26). The fraction of sp³-hybridized carbons (Fsp3) is 0.167. The van der Waals surface area contributed by atoms with Gasteiger partial charge in [0.2, 0.25) is 0 Å². The molecule has 0 aliphatic heterocycles. The molecular weight excluding hydrogens is 348 g/mol. The number of anilines is 1. The van der Waals surface area contributed by atoms with Crippen LogP contribution < -0.4 is 10.6 Å². The molecule has 0 unspecified atom stereocenters. The Morgan fingerprint density at radius 3 is 2.56 bits per heavy atom. The van der Waals surface area contributed by atoms with Gasteiger partial charge in [-0.1, -0.05) is 0 Å². The van der Waals surface area contributed by atoms with Crippen LogP contribution in [0.2, 0.25) is 0 Å². The SMILES string of the molecule is O=C(Nc1nccnc1C(=O)NCCCn1ccnc1)c1ccc(O)cc1. The molecule has 0 saturated carbocycles. The van der Waals surface area contributed by atoms with E-state index in [4.69, 9.17) is 0 Å². The van der Waals surface area contributed by atoms with E-state index in [0.717, 1.165) is 13.0 Å². The maximum atomic E-state index is 12.4. The molecule has 1 aromatic carbocycles. The van der Waals surface area contributed by atoms with E-state index in [-0.39, 0.29) is 17.3 Å². The van der Waals surface area contributed by atoms with Gasteiger partial charge in [-0.3, -0.25) is 9.59 Å². The molecule has 0 spiro atoms. The lowest BCUT2D eigenvalue weighted by molar-refractivity contribution is 0.0948. The van der Waals surface area contributed by atoms with Crippen LogP contribution in [-0.4, -0.2) is 43.0 Å². The molecule has 3 rings (SSSR count). The van der Waals surface area contributed by atoms with E-state index in [0.29, 0.717) is 12.1 Å². The van der Waals surface area contributed by atoms with Gasteiger partial charge in [0.15, 0.2) is 11.5 Å². The summed E-state index contributed by atoms with van der Waals surface area (Å²) >= 11 is 0. The number of carbonyl (C=O) groups excluding carboxylic acids is 2. The van der Waals surface area contributed by atoms with Gasteiger partial charge in [-0.25, -0.2) is 15.0 Å². The molecule has 0 atom stereocenters. The van der Waals surface area contributed by atoms with Gasteiger partial charge < -0.3 is 20.3 Å². The summed E-state index contributed by atoms with van der Waals surface area (Å²) in [5.74, 6) is -0.746. The summed E-state index contributed by atoms with van der Waals surface area (Å²) in [5.41, 5.74) is 0.359. The largest absolute Gasteiger partial charge is 0.508 e. The van der Waals surface area contributed by atoms with Crippen LogP contribution >= 0.6 is 0 Å². The number of rotatable bonds is 7. The van der Waals surface area contributed by atoms with Crippen molar-refractivity contribution in [3.8, 4) is 5.75 Å². The van der Waals surface area contributed by atoms with E-state index in [1.165, 1.54) is 36.7 Å². The summed E-state index contributed by atoms with van der Waals surface area (Å²) in [7, 11) is 0. The number of benzene rings is 1. The lowest BCUT2D eigenvalue weighted by Crippen LogP contribution is -2.28.